The summed E-state index contributed by atoms with van der Waals surface area (Å²) in [4.78, 5) is 13.1. The molecule has 7 heteroatoms. The van der Waals surface area contributed by atoms with Crippen LogP contribution in [0, 0.1) is 0 Å². The fourth-order valence-electron chi connectivity index (χ4n) is 2.51. The van der Waals surface area contributed by atoms with Crippen molar-refractivity contribution in [3.63, 3.8) is 0 Å². The van der Waals surface area contributed by atoms with E-state index >= 15 is 0 Å². The van der Waals surface area contributed by atoms with Crippen LogP contribution in [0.15, 0.2) is 66.3 Å². The molecule has 0 unspecified atom stereocenters. The molecule has 0 atom stereocenters. The minimum absolute atomic E-state index is 0.507. The van der Waals surface area contributed by atoms with Gasteiger partial charge < -0.3 is 5.32 Å². The number of nitrogens with zero attached hydrogens (tertiary/aromatic N) is 3. The Bertz CT molecular complexity index is 1050. The Hall–Kier alpha value is -2.47. The summed E-state index contributed by atoms with van der Waals surface area (Å²) in [5.41, 5.74) is 3.47. The predicted octanol–water partition coefficient (Wildman–Crippen LogP) is 6.32. The highest BCUT2D eigenvalue weighted by Crippen LogP contribution is 2.34. The van der Waals surface area contributed by atoms with Gasteiger partial charge in [-0.1, -0.05) is 47.5 Å². The summed E-state index contributed by atoms with van der Waals surface area (Å²) in [6, 6.07) is 15.3. The van der Waals surface area contributed by atoms with Gasteiger partial charge in [0.2, 0.25) is 5.95 Å². The van der Waals surface area contributed by atoms with Crippen molar-refractivity contribution >= 4 is 46.2 Å². The normalized spacial score (nSPS) is 10.7. The molecule has 2 heterocycles. The smallest absolute Gasteiger partial charge is 0.227 e. The predicted molar refractivity (Wildman–Crippen MR) is 108 cm³/mol. The minimum Gasteiger partial charge on any atom is -0.324 e. The highest BCUT2D eigenvalue weighted by molar-refractivity contribution is 7.13. The minimum atomic E-state index is 0.507. The molecule has 0 aliphatic heterocycles. The van der Waals surface area contributed by atoms with E-state index in [4.69, 9.17) is 23.2 Å². The Balaban J connectivity index is 1.64. The van der Waals surface area contributed by atoms with Gasteiger partial charge in [0.05, 0.1) is 10.0 Å². The van der Waals surface area contributed by atoms with Gasteiger partial charge in [0, 0.05) is 29.0 Å². The Kier molecular flexibility index (Phi) is 4.84. The zero-order valence-electron chi connectivity index (χ0n) is 13.4. The second-order valence-electron chi connectivity index (χ2n) is 5.41. The number of hydrogen-bond donors (Lipinski definition) is 1. The molecular weight excluding hydrogens is 387 g/mol. The number of thiazole rings is 1. The van der Waals surface area contributed by atoms with Gasteiger partial charge in [-0.3, -0.25) is 0 Å². The second-order valence-corrected chi connectivity index (χ2v) is 7.09. The average Bonchev–Trinajstić information content (AvgIpc) is 3.19. The SMILES string of the molecule is Clc1cccc(-c2cccc(Nc3nccc(-c4nccs4)n3)c2)c1Cl. The Morgan fingerprint density at radius 1 is 0.923 bits per heavy atom. The van der Waals surface area contributed by atoms with Gasteiger partial charge in [-0.2, -0.15) is 0 Å². The largest absolute Gasteiger partial charge is 0.324 e. The van der Waals surface area contributed by atoms with Crippen molar-refractivity contribution in [3.05, 3.63) is 76.3 Å². The van der Waals surface area contributed by atoms with E-state index in [-0.39, 0.29) is 0 Å². The first-order valence-corrected chi connectivity index (χ1v) is 9.38. The Morgan fingerprint density at radius 2 is 1.81 bits per heavy atom. The topological polar surface area (TPSA) is 50.7 Å². The molecule has 26 heavy (non-hydrogen) atoms. The average molecular weight is 399 g/mol. The lowest BCUT2D eigenvalue weighted by molar-refractivity contribution is 1.16. The molecule has 0 aliphatic rings. The van der Waals surface area contributed by atoms with Crippen LogP contribution in [-0.4, -0.2) is 15.0 Å². The van der Waals surface area contributed by atoms with Gasteiger partial charge in [0.25, 0.3) is 0 Å². The van der Waals surface area contributed by atoms with Gasteiger partial charge >= 0.3 is 0 Å². The lowest BCUT2D eigenvalue weighted by Crippen LogP contribution is -1.98. The summed E-state index contributed by atoms with van der Waals surface area (Å²) in [5, 5.41) is 7.07. The summed E-state index contributed by atoms with van der Waals surface area (Å²) >= 11 is 14.0. The van der Waals surface area contributed by atoms with E-state index in [1.807, 2.05) is 47.8 Å². The molecule has 0 bridgehead atoms. The molecule has 0 saturated heterocycles. The summed E-state index contributed by atoms with van der Waals surface area (Å²) in [5.74, 6) is 0.507. The van der Waals surface area contributed by atoms with Gasteiger partial charge in [-0.05, 0) is 29.8 Å². The molecular formula is C19H12Cl2N4S. The fraction of sp³-hybridized carbons (Fsp3) is 0. The number of benzene rings is 2. The Labute approximate surface area is 164 Å². The van der Waals surface area contributed by atoms with E-state index in [1.54, 1.807) is 18.5 Å². The van der Waals surface area contributed by atoms with Crippen LogP contribution < -0.4 is 5.32 Å². The number of anilines is 2. The van der Waals surface area contributed by atoms with Gasteiger partial charge in [0.15, 0.2) is 0 Å². The molecule has 0 fully saturated rings. The van der Waals surface area contributed by atoms with Gasteiger partial charge in [-0.25, -0.2) is 15.0 Å². The van der Waals surface area contributed by atoms with E-state index < -0.39 is 0 Å². The third-order valence-corrected chi connectivity index (χ3v) is 5.30. The highest BCUT2D eigenvalue weighted by Gasteiger charge is 2.09. The van der Waals surface area contributed by atoms with E-state index in [2.05, 4.69) is 20.3 Å². The quantitative estimate of drug-likeness (QED) is 0.436. The molecule has 0 aliphatic carbocycles. The maximum absolute atomic E-state index is 6.34. The molecule has 0 spiro atoms. The number of nitrogens with one attached hydrogen (secondary N) is 1. The monoisotopic (exact) mass is 398 g/mol. The van der Waals surface area contributed by atoms with Crippen molar-refractivity contribution in [3.8, 4) is 21.8 Å². The third kappa shape index (κ3) is 3.55. The molecule has 4 rings (SSSR count). The van der Waals surface area contributed by atoms with Crippen LogP contribution in [0.3, 0.4) is 0 Å². The van der Waals surface area contributed by atoms with Gasteiger partial charge in [-0.15, -0.1) is 11.3 Å². The lowest BCUT2D eigenvalue weighted by Gasteiger charge is -2.10. The van der Waals surface area contributed by atoms with Crippen molar-refractivity contribution in [1.29, 1.82) is 0 Å². The van der Waals surface area contributed by atoms with Crippen molar-refractivity contribution in [2.24, 2.45) is 0 Å². The van der Waals surface area contributed by atoms with Crippen molar-refractivity contribution < 1.29 is 0 Å². The maximum atomic E-state index is 6.34. The molecule has 0 radical (unpaired) electrons. The standard InChI is InChI=1S/C19H12Cl2N4S/c20-15-6-2-5-14(17(15)21)12-3-1-4-13(11-12)24-19-23-8-7-16(25-19)18-22-9-10-26-18/h1-11H,(H,23,24,25). The second kappa shape index (κ2) is 7.41. The van der Waals surface area contributed by atoms with E-state index in [1.165, 1.54) is 11.3 Å². The molecule has 0 saturated carbocycles. The van der Waals surface area contributed by atoms with Crippen LogP contribution in [0.5, 0.6) is 0 Å². The third-order valence-electron chi connectivity index (χ3n) is 3.69. The highest BCUT2D eigenvalue weighted by atomic mass is 35.5. The summed E-state index contributed by atoms with van der Waals surface area (Å²) in [7, 11) is 0. The molecule has 0 amide bonds. The number of rotatable bonds is 4. The number of hydrogen-bond acceptors (Lipinski definition) is 5. The summed E-state index contributed by atoms with van der Waals surface area (Å²) < 4.78 is 0. The van der Waals surface area contributed by atoms with Crippen molar-refractivity contribution in [2.75, 3.05) is 5.32 Å². The van der Waals surface area contributed by atoms with Crippen LogP contribution in [0.25, 0.3) is 21.8 Å². The van der Waals surface area contributed by atoms with Crippen LogP contribution in [-0.2, 0) is 0 Å². The zero-order chi connectivity index (χ0) is 17.9. The molecule has 2 aromatic carbocycles. The Morgan fingerprint density at radius 3 is 2.65 bits per heavy atom. The zero-order valence-corrected chi connectivity index (χ0v) is 15.7. The fourth-order valence-corrected chi connectivity index (χ4v) is 3.52. The first-order valence-electron chi connectivity index (χ1n) is 7.75. The summed E-state index contributed by atoms with van der Waals surface area (Å²) in [6.45, 7) is 0. The van der Waals surface area contributed by atoms with Crippen molar-refractivity contribution in [2.45, 2.75) is 0 Å². The molecule has 4 nitrogen and oxygen atoms in total. The summed E-state index contributed by atoms with van der Waals surface area (Å²) in [6.07, 6.45) is 3.47. The molecule has 2 aromatic heterocycles. The number of halogens is 2. The van der Waals surface area contributed by atoms with Crippen LogP contribution >= 0.6 is 34.5 Å². The maximum Gasteiger partial charge on any atom is 0.227 e. The van der Waals surface area contributed by atoms with Gasteiger partial charge in [0.1, 0.15) is 10.7 Å². The van der Waals surface area contributed by atoms with E-state index in [0.29, 0.717) is 16.0 Å². The molecule has 128 valence electrons. The van der Waals surface area contributed by atoms with E-state index in [9.17, 15) is 0 Å². The number of aromatic nitrogens is 3. The lowest BCUT2D eigenvalue weighted by atomic mass is 10.1. The van der Waals surface area contributed by atoms with Crippen molar-refractivity contribution in [1.82, 2.24) is 15.0 Å². The molecule has 4 aromatic rings. The first-order chi connectivity index (χ1) is 12.7. The first kappa shape index (κ1) is 17.0. The van der Waals surface area contributed by atoms with Crippen LogP contribution in [0.1, 0.15) is 0 Å². The molecule has 1 N–H and O–H groups in total. The van der Waals surface area contributed by atoms with Crippen LogP contribution in [0.2, 0.25) is 10.0 Å². The van der Waals surface area contributed by atoms with E-state index in [0.717, 1.165) is 27.5 Å². The van der Waals surface area contributed by atoms with Crippen LogP contribution in [0.4, 0.5) is 11.6 Å².